The largest absolute Gasteiger partial charge is 0.311 e. The highest BCUT2D eigenvalue weighted by molar-refractivity contribution is 5.26. The molecule has 2 rings (SSSR count). The molecular formula is C17H27FN2. The Kier molecular flexibility index (Phi) is 5.17. The third-order valence-corrected chi connectivity index (χ3v) is 4.52. The first-order valence-electron chi connectivity index (χ1n) is 7.73. The second-order valence-corrected chi connectivity index (χ2v) is 6.32. The fraction of sp³-hybridized carbons (Fsp3) is 0.647. The summed E-state index contributed by atoms with van der Waals surface area (Å²) in [5.41, 5.74) is 2.30. The van der Waals surface area contributed by atoms with Gasteiger partial charge in [-0.2, -0.15) is 0 Å². The summed E-state index contributed by atoms with van der Waals surface area (Å²) in [6.07, 6.45) is 1.15. The molecule has 20 heavy (non-hydrogen) atoms. The normalized spacial score (nSPS) is 24.3. The fourth-order valence-electron chi connectivity index (χ4n) is 2.98. The van der Waals surface area contributed by atoms with E-state index < -0.39 is 0 Å². The van der Waals surface area contributed by atoms with E-state index in [1.165, 1.54) is 5.56 Å². The molecule has 1 aromatic rings. The molecular weight excluding hydrogens is 251 g/mol. The van der Waals surface area contributed by atoms with Gasteiger partial charge in [0.2, 0.25) is 0 Å². The van der Waals surface area contributed by atoms with Gasteiger partial charge in [0.25, 0.3) is 0 Å². The zero-order valence-electron chi connectivity index (χ0n) is 13.1. The lowest BCUT2D eigenvalue weighted by atomic mass is 9.97. The third kappa shape index (κ3) is 3.58. The fourth-order valence-corrected chi connectivity index (χ4v) is 2.98. The van der Waals surface area contributed by atoms with Crippen LogP contribution in [0.3, 0.4) is 0 Å². The van der Waals surface area contributed by atoms with Gasteiger partial charge >= 0.3 is 0 Å². The molecule has 0 aromatic heterocycles. The molecule has 112 valence electrons. The molecule has 3 heteroatoms. The van der Waals surface area contributed by atoms with E-state index in [4.69, 9.17) is 0 Å². The highest BCUT2D eigenvalue weighted by Crippen LogP contribution is 2.20. The summed E-state index contributed by atoms with van der Waals surface area (Å²) >= 11 is 0. The van der Waals surface area contributed by atoms with Gasteiger partial charge in [0, 0.05) is 31.7 Å². The minimum Gasteiger partial charge on any atom is -0.311 e. The van der Waals surface area contributed by atoms with Gasteiger partial charge < -0.3 is 5.32 Å². The maximum atomic E-state index is 13.2. The van der Waals surface area contributed by atoms with Crippen LogP contribution in [0.15, 0.2) is 18.2 Å². The van der Waals surface area contributed by atoms with E-state index in [-0.39, 0.29) is 5.82 Å². The maximum Gasteiger partial charge on any atom is 0.123 e. The van der Waals surface area contributed by atoms with Crippen LogP contribution in [0.4, 0.5) is 4.39 Å². The summed E-state index contributed by atoms with van der Waals surface area (Å²) in [7, 11) is 0. The summed E-state index contributed by atoms with van der Waals surface area (Å²) in [4.78, 5) is 2.56. The number of aryl methyl sites for hydroxylation is 1. The van der Waals surface area contributed by atoms with Crippen LogP contribution in [0.1, 0.15) is 38.3 Å². The molecule has 1 aliphatic rings. The summed E-state index contributed by atoms with van der Waals surface area (Å²) in [6.45, 7) is 11.8. The molecule has 2 nitrogen and oxygen atoms in total. The van der Waals surface area contributed by atoms with Crippen molar-refractivity contribution in [1.29, 1.82) is 0 Å². The van der Waals surface area contributed by atoms with Crippen LogP contribution < -0.4 is 5.32 Å². The van der Waals surface area contributed by atoms with Crippen LogP contribution in [0.2, 0.25) is 0 Å². The molecule has 2 atom stereocenters. The number of rotatable bonds is 4. The number of hydrogen-bond acceptors (Lipinski definition) is 2. The lowest BCUT2D eigenvalue weighted by Gasteiger charge is -2.42. The molecule has 1 N–H and O–H groups in total. The first-order chi connectivity index (χ1) is 9.51. The molecule has 2 unspecified atom stereocenters. The van der Waals surface area contributed by atoms with Crippen molar-refractivity contribution >= 4 is 0 Å². The van der Waals surface area contributed by atoms with Crippen molar-refractivity contribution in [1.82, 2.24) is 10.2 Å². The van der Waals surface area contributed by atoms with E-state index in [2.05, 4.69) is 31.0 Å². The lowest BCUT2D eigenvalue weighted by molar-refractivity contribution is 0.103. The van der Waals surface area contributed by atoms with Crippen LogP contribution in [0.25, 0.3) is 0 Å². The van der Waals surface area contributed by atoms with Crippen molar-refractivity contribution in [3.8, 4) is 0 Å². The summed E-state index contributed by atoms with van der Waals surface area (Å²) in [5, 5.41) is 3.66. The average Bonchev–Trinajstić information content (AvgIpc) is 2.41. The number of hydrogen-bond donors (Lipinski definition) is 1. The van der Waals surface area contributed by atoms with E-state index >= 15 is 0 Å². The SMILES string of the molecule is CCC1CNC(C(C)C)CN1Cc1ccc(F)cc1C. The molecule has 0 spiro atoms. The van der Waals surface area contributed by atoms with Crippen molar-refractivity contribution < 1.29 is 4.39 Å². The predicted octanol–water partition coefficient (Wildman–Crippen LogP) is 3.34. The van der Waals surface area contributed by atoms with E-state index in [9.17, 15) is 4.39 Å². The highest BCUT2D eigenvalue weighted by Gasteiger charge is 2.28. The Hall–Kier alpha value is -0.930. The van der Waals surface area contributed by atoms with Crippen LogP contribution in [0.5, 0.6) is 0 Å². The summed E-state index contributed by atoms with van der Waals surface area (Å²) in [5.74, 6) is 0.503. The Bertz CT molecular complexity index is 445. The van der Waals surface area contributed by atoms with Crippen molar-refractivity contribution in [3.63, 3.8) is 0 Å². The Morgan fingerprint density at radius 3 is 2.75 bits per heavy atom. The number of piperazine rings is 1. The van der Waals surface area contributed by atoms with Crippen molar-refractivity contribution in [2.24, 2.45) is 5.92 Å². The molecule has 1 aliphatic heterocycles. The van der Waals surface area contributed by atoms with Crippen LogP contribution in [-0.4, -0.2) is 30.1 Å². The topological polar surface area (TPSA) is 15.3 Å². The smallest absolute Gasteiger partial charge is 0.123 e. The standard InChI is InChI=1S/C17H27FN2/c1-5-16-9-19-17(12(2)3)11-20(16)10-14-6-7-15(18)8-13(14)4/h6-8,12,16-17,19H,5,9-11H2,1-4H3. The molecule has 1 aromatic carbocycles. The van der Waals surface area contributed by atoms with E-state index in [0.717, 1.165) is 31.6 Å². The molecule has 1 heterocycles. The first-order valence-corrected chi connectivity index (χ1v) is 7.73. The molecule has 1 saturated heterocycles. The summed E-state index contributed by atoms with van der Waals surface area (Å²) < 4.78 is 13.2. The molecule has 0 radical (unpaired) electrons. The minimum absolute atomic E-state index is 0.140. The Labute approximate surface area is 122 Å². The van der Waals surface area contributed by atoms with Gasteiger partial charge in [-0.05, 0) is 42.5 Å². The predicted molar refractivity (Wildman–Crippen MR) is 82.3 cm³/mol. The second-order valence-electron chi connectivity index (χ2n) is 6.32. The van der Waals surface area contributed by atoms with E-state index in [0.29, 0.717) is 18.0 Å². The minimum atomic E-state index is -0.140. The monoisotopic (exact) mass is 278 g/mol. The van der Waals surface area contributed by atoms with Gasteiger partial charge in [0.05, 0.1) is 0 Å². The van der Waals surface area contributed by atoms with Gasteiger partial charge in [-0.25, -0.2) is 4.39 Å². The van der Waals surface area contributed by atoms with E-state index in [1.807, 2.05) is 13.0 Å². The van der Waals surface area contributed by atoms with Crippen LogP contribution in [-0.2, 0) is 6.54 Å². The van der Waals surface area contributed by atoms with Gasteiger partial charge in [0.1, 0.15) is 5.82 Å². The highest BCUT2D eigenvalue weighted by atomic mass is 19.1. The molecule has 0 aliphatic carbocycles. The maximum absolute atomic E-state index is 13.2. The molecule has 0 bridgehead atoms. The van der Waals surface area contributed by atoms with Gasteiger partial charge in [-0.15, -0.1) is 0 Å². The zero-order chi connectivity index (χ0) is 14.7. The second kappa shape index (κ2) is 6.68. The van der Waals surface area contributed by atoms with Crippen molar-refractivity contribution in [2.75, 3.05) is 13.1 Å². The Balaban J connectivity index is 2.11. The van der Waals surface area contributed by atoms with Crippen molar-refractivity contribution in [3.05, 3.63) is 35.1 Å². The van der Waals surface area contributed by atoms with Gasteiger partial charge in [0.15, 0.2) is 0 Å². The lowest BCUT2D eigenvalue weighted by Crippen LogP contribution is -2.57. The van der Waals surface area contributed by atoms with Gasteiger partial charge in [-0.3, -0.25) is 4.90 Å². The average molecular weight is 278 g/mol. The number of nitrogens with zero attached hydrogens (tertiary/aromatic N) is 1. The quantitative estimate of drug-likeness (QED) is 0.908. The summed E-state index contributed by atoms with van der Waals surface area (Å²) in [6, 6.07) is 6.28. The zero-order valence-corrected chi connectivity index (χ0v) is 13.1. The number of benzene rings is 1. The number of halogens is 1. The Morgan fingerprint density at radius 2 is 2.15 bits per heavy atom. The van der Waals surface area contributed by atoms with Gasteiger partial charge in [-0.1, -0.05) is 26.8 Å². The first kappa shape index (κ1) is 15.5. The third-order valence-electron chi connectivity index (χ3n) is 4.52. The Morgan fingerprint density at radius 1 is 1.40 bits per heavy atom. The van der Waals surface area contributed by atoms with E-state index in [1.54, 1.807) is 12.1 Å². The molecule has 0 saturated carbocycles. The molecule has 0 amide bonds. The van der Waals surface area contributed by atoms with Crippen molar-refractivity contribution in [2.45, 2.75) is 52.7 Å². The van der Waals surface area contributed by atoms with Crippen LogP contribution >= 0.6 is 0 Å². The molecule has 1 fully saturated rings. The number of nitrogens with one attached hydrogen (secondary N) is 1. The van der Waals surface area contributed by atoms with Crippen LogP contribution in [0, 0.1) is 18.7 Å².